The van der Waals surface area contributed by atoms with Gasteiger partial charge in [0.1, 0.15) is 5.82 Å². The smallest absolute Gasteiger partial charge is 0.255 e. The van der Waals surface area contributed by atoms with Gasteiger partial charge < -0.3 is 10.2 Å². The first-order valence-corrected chi connectivity index (χ1v) is 9.94. The van der Waals surface area contributed by atoms with E-state index in [0.29, 0.717) is 12.1 Å². The van der Waals surface area contributed by atoms with Gasteiger partial charge in [-0.1, -0.05) is 42.5 Å². The fourth-order valence-corrected chi connectivity index (χ4v) is 3.87. The van der Waals surface area contributed by atoms with E-state index in [4.69, 9.17) is 0 Å². The first-order valence-electron chi connectivity index (χ1n) is 9.94. The second kappa shape index (κ2) is 8.11. The molecular formula is C25H23FN2O2. The van der Waals surface area contributed by atoms with Gasteiger partial charge in [0.25, 0.3) is 5.91 Å². The zero-order valence-corrected chi connectivity index (χ0v) is 17.0. The van der Waals surface area contributed by atoms with Crippen LogP contribution in [0.3, 0.4) is 0 Å². The molecule has 1 heterocycles. The Kier molecular flexibility index (Phi) is 5.36. The van der Waals surface area contributed by atoms with E-state index in [-0.39, 0.29) is 24.1 Å². The number of carbonyl (C=O) groups is 2. The number of benzene rings is 3. The number of halogens is 1. The summed E-state index contributed by atoms with van der Waals surface area (Å²) in [4.78, 5) is 27.7. The Bertz CT molecular complexity index is 1110. The summed E-state index contributed by atoms with van der Waals surface area (Å²) >= 11 is 0. The number of nitrogens with zero attached hydrogens (tertiary/aromatic N) is 1. The number of anilines is 1. The molecule has 1 aliphatic heterocycles. The van der Waals surface area contributed by atoms with Crippen molar-refractivity contribution >= 4 is 17.5 Å². The fraction of sp³-hybridized carbons (Fsp3) is 0.200. The van der Waals surface area contributed by atoms with Crippen LogP contribution in [0.5, 0.6) is 0 Å². The lowest BCUT2D eigenvalue weighted by Crippen LogP contribution is -2.32. The van der Waals surface area contributed by atoms with E-state index in [1.54, 1.807) is 23.1 Å². The highest BCUT2D eigenvalue weighted by Crippen LogP contribution is 2.34. The second-order valence-electron chi connectivity index (χ2n) is 7.73. The van der Waals surface area contributed by atoms with Crippen LogP contribution in [-0.2, 0) is 11.3 Å². The summed E-state index contributed by atoms with van der Waals surface area (Å²) in [7, 11) is 0. The van der Waals surface area contributed by atoms with E-state index in [2.05, 4.69) is 5.32 Å². The Hall–Kier alpha value is -3.47. The number of fused-ring (bicyclic) bond motifs is 1. The van der Waals surface area contributed by atoms with Crippen molar-refractivity contribution in [1.29, 1.82) is 0 Å². The van der Waals surface area contributed by atoms with Crippen molar-refractivity contribution in [2.45, 2.75) is 32.9 Å². The van der Waals surface area contributed by atoms with Crippen molar-refractivity contribution in [2.75, 3.05) is 5.32 Å². The van der Waals surface area contributed by atoms with E-state index in [1.165, 1.54) is 12.1 Å². The highest BCUT2D eigenvalue weighted by Gasteiger charge is 2.34. The monoisotopic (exact) mass is 402 g/mol. The van der Waals surface area contributed by atoms with Crippen LogP contribution in [0.2, 0.25) is 0 Å². The Morgan fingerprint density at radius 3 is 2.53 bits per heavy atom. The molecule has 5 heteroatoms. The van der Waals surface area contributed by atoms with E-state index in [0.717, 1.165) is 27.9 Å². The average Bonchev–Trinajstić information content (AvgIpc) is 3.06. The number of amides is 2. The maximum atomic E-state index is 13.5. The molecule has 1 unspecified atom stereocenters. The third-order valence-corrected chi connectivity index (χ3v) is 5.53. The molecule has 1 N–H and O–H groups in total. The Labute approximate surface area is 175 Å². The topological polar surface area (TPSA) is 49.4 Å². The van der Waals surface area contributed by atoms with Crippen LogP contribution in [0, 0.1) is 19.7 Å². The van der Waals surface area contributed by atoms with Gasteiger partial charge >= 0.3 is 0 Å². The number of carbonyl (C=O) groups excluding carboxylic acids is 2. The molecule has 3 aromatic carbocycles. The minimum Gasteiger partial charge on any atom is -0.327 e. The third-order valence-electron chi connectivity index (χ3n) is 5.53. The Morgan fingerprint density at radius 2 is 1.80 bits per heavy atom. The molecule has 4 rings (SSSR count). The molecule has 0 aromatic heterocycles. The highest BCUT2D eigenvalue weighted by atomic mass is 19.1. The van der Waals surface area contributed by atoms with E-state index >= 15 is 0 Å². The van der Waals surface area contributed by atoms with Crippen LogP contribution in [-0.4, -0.2) is 16.7 Å². The summed E-state index contributed by atoms with van der Waals surface area (Å²) in [5, 5.41) is 2.97. The molecule has 0 radical (unpaired) electrons. The molecule has 0 fully saturated rings. The minimum atomic E-state index is -0.490. The predicted octanol–water partition coefficient (Wildman–Crippen LogP) is 5.17. The van der Waals surface area contributed by atoms with Gasteiger partial charge in [0.15, 0.2) is 0 Å². The molecular weight excluding hydrogens is 379 g/mol. The molecule has 0 saturated heterocycles. The molecule has 0 aliphatic carbocycles. The normalized spacial score (nSPS) is 13.8. The van der Waals surface area contributed by atoms with Gasteiger partial charge in [0, 0.05) is 17.8 Å². The summed E-state index contributed by atoms with van der Waals surface area (Å²) in [6.45, 7) is 4.33. The first kappa shape index (κ1) is 19.8. The highest BCUT2D eigenvalue weighted by molar-refractivity contribution is 5.99. The average molecular weight is 402 g/mol. The molecule has 152 valence electrons. The van der Waals surface area contributed by atoms with Crippen LogP contribution < -0.4 is 5.32 Å². The Balaban J connectivity index is 1.61. The van der Waals surface area contributed by atoms with Crippen LogP contribution in [0.1, 0.15) is 45.1 Å². The zero-order chi connectivity index (χ0) is 21.3. The fourth-order valence-electron chi connectivity index (χ4n) is 3.87. The SMILES string of the molecule is Cc1ccc(C)c(NC(=O)CC(c2ccc(F)cc2)N2Cc3ccccc3C2=O)c1. The number of nitrogens with one attached hydrogen (secondary N) is 1. The molecule has 0 bridgehead atoms. The van der Waals surface area contributed by atoms with E-state index in [1.807, 2.05) is 50.2 Å². The standard InChI is InChI=1S/C25H23FN2O2/c1-16-7-8-17(2)22(13-16)27-24(29)14-23(18-9-11-20(26)12-10-18)28-15-19-5-3-4-6-21(19)25(28)30/h3-13,23H,14-15H2,1-2H3,(H,27,29). The summed E-state index contributed by atoms with van der Waals surface area (Å²) in [5.41, 5.74) is 5.10. The van der Waals surface area contributed by atoms with Crippen molar-refractivity contribution in [3.8, 4) is 0 Å². The van der Waals surface area contributed by atoms with Crippen LogP contribution >= 0.6 is 0 Å². The summed E-state index contributed by atoms with van der Waals surface area (Å²) < 4.78 is 13.5. The number of aryl methyl sites for hydroxylation is 2. The largest absolute Gasteiger partial charge is 0.327 e. The molecule has 4 nitrogen and oxygen atoms in total. The lowest BCUT2D eigenvalue weighted by Gasteiger charge is -2.28. The van der Waals surface area contributed by atoms with Gasteiger partial charge in [0.05, 0.1) is 12.5 Å². The molecule has 0 spiro atoms. The van der Waals surface area contributed by atoms with Crippen molar-refractivity contribution in [3.63, 3.8) is 0 Å². The molecule has 3 aromatic rings. The van der Waals surface area contributed by atoms with Crippen LogP contribution in [0.15, 0.2) is 66.7 Å². The summed E-state index contributed by atoms with van der Waals surface area (Å²) in [6, 6.07) is 18.8. The van der Waals surface area contributed by atoms with Gasteiger partial charge in [-0.15, -0.1) is 0 Å². The maximum Gasteiger partial charge on any atom is 0.255 e. The molecule has 1 atom stereocenters. The lowest BCUT2D eigenvalue weighted by molar-refractivity contribution is -0.117. The number of rotatable bonds is 5. The van der Waals surface area contributed by atoms with Crippen molar-refractivity contribution in [1.82, 2.24) is 4.90 Å². The first-order chi connectivity index (χ1) is 14.4. The number of hydrogen-bond acceptors (Lipinski definition) is 2. The molecule has 1 aliphatic rings. The lowest BCUT2D eigenvalue weighted by atomic mass is 10.0. The quantitative estimate of drug-likeness (QED) is 0.640. The van der Waals surface area contributed by atoms with Gasteiger partial charge in [-0.3, -0.25) is 9.59 Å². The minimum absolute atomic E-state index is 0.0821. The van der Waals surface area contributed by atoms with Gasteiger partial charge in [-0.05, 0) is 60.4 Å². The Morgan fingerprint density at radius 1 is 1.07 bits per heavy atom. The molecule has 0 saturated carbocycles. The van der Waals surface area contributed by atoms with E-state index < -0.39 is 6.04 Å². The summed E-state index contributed by atoms with van der Waals surface area (Å²) in [6.07, 6.45) is 0.0821. The van der Waals surface area contributed by atoms with Crippen molar-refractivity contribution < 1.29 is 14.0 Å². The van der Waals surface area contributed by atoms with Gasteiger partial charge in [0.2, 0.25) is 5.91 Å². The van der Waals surface area contributed by atoms with Gasteiger partial charge in [-0.25, -0.2) is 4.39 Å². The zero-order valence-electron chi connectivity index (χ0n) is 17.0. The third kappa shape index (κ3) is 3.96. The van der Waals surface area contributed by atoms with Crippen molar-refractivity contribution in [3.05, 3.63) is 100 Å². The van der Waals surface area contributed by atoms with Gasteiger partial charge in [-0.2, -0.15) is 0 Å². The van der Waals surface area contributed by atoms with Crippen LogP contribution in [0.25, 0.3) is 0 Å². The molecule has 30 heavy (non-hydrogen) atoms. The maximum absolute atomic E-state index is 13.5. The number of hydrogen-bond donors (Lipinski definition) is 1. The summed E-state index contributed by atoms with van der Waals surface area (Å²) in [5.74, 6) is -0.658. The second-order valence-corrected chi connectivity index (χ2v) is 7.73. The van der Waals surface area contributed by atoms with E-state index in [9.17, 15) is 14.0 Å². The van der Waals surface area contributed by atoms with Crippen LogP contribution in [0.4, 0.5) is 10.1 Å². The van der Waals surface area contributed by atoms with Crippen molar-refractivity contribution in [2.24, 2.45) is 0 Å². The molecule has 2 amide bonds. The predicted molar refractivity (Wildman–Crippen MR) is 115 cm³/mol.